The summed E-state index contributed by atoms with van der Waals surface area (Å²) in [5.74, 6) is 0. The van der Waals surface area contributed by atoms with E-state index in [2.05, 4.69) is 5.73 Å². The van der Waals surface area contributed by atoms with Crippen LogP contribution in [0.4, 0.5) is 0 Å². The predicted molar refractivity (Wildman–Crippen MR) is 53.9 cm³/mol. The lowest BCUT2D eigenvalue weighted by Gasteiger charge is -2.10. The van der Waals surface area contributed by atoms with E-state index in [1.165, 1.54) is 18.4 Å². The van der Waals surface area contributed by atoms with Gasteiger partial charge in [-0.3, -0.25) is 0 Å². The maximum absolute atomic E-state index is 11.6. The third-order valence-corrected chi connectivity index (χ3v) is 3.82. The first-order chi connectivity index (χ1) is 6.48. The van der Waals surface area contributed by atoms with Crippen molar-refractivity contribution in [3.8, 4) is 0 Å². The largest absolute Gasteiger partial charge is 0.354 e. The summed E-state index contributed by atoms with van der Waals surface area (Å²) in [6.07, 6.45) is 0. The van der Waals surface area contributed by atoms with Gasteiger partial charge in [0.05, 0.1) is 11.4 Å². The lowest BCUT2D eigenvalue weighted by Crippen LogP contribution is -2.47. The molecule has 14 heavy (non-hydrogen) atoms. The molecule has 0 fully saturated rings. The predicted octanol–water partition coefficient (Wildman–Crippen LogP) is -0.321. The summed E-state index contributed by atoms with van der Waals surface area (Å²) in [5, 5.41) is 0. The van der Waals surface area contributed by atoms with E-state index in [-0.39, 0.29) is 0 Å². The van der Waals surface area contributed by atoms with Gasteiger partial charge in [-0.1, -0.05) is 12.1 Å². The normalized spacial score (nSPS) is 12.0. The number of quaternary nitrogens is 1. The second-order valence-corrected chi connectivity index (χ2v) is 5.33. The van der Waals surface area contributed by atoms with Gasteiger partial charge in [0.15, 0.2) is 0 Å². The molecule has 0 radical (unpaired) electrons. The van der Waals surface area contributed by atoms with Gasteiger partial charge in [0.2, 0.25) is 10.0 Å². The average molecular weight is 215 g/mol. The summed E-state index contributed by atoms with van der Waals surface area (Å²) in [6, 6.07) is 6.78. The summed E-state index contributed by atoms with van der Waals surface area (Å²) in [7, 11) is -0.252. The fourth-order valence-corrected chi connectivity index (χ4v) is 1.94. The molecule has 0 saturated heterocycles. The molecule has 0 aromatic heterocycles. The second kappa shape index (κ2) is 4.08. The highest BCUT2D eigenvalue weighted by Gasteiger charge is 2.16. The Morgan fingerprint density at radius 1 is 1.21 bits per heavy atom. The van der Waals surface area contributed by atoms with Crippen molar-refractivity contribution in [2.45, 2.75) is 11.4 Å². The number of sulfonamides is 1. The minimum absolute atomic E-state index is 0.319. The van der Waals surface area contributed by atoms with Gasteiger partial charge in [-0.25, -0.2) is 12.7 Å². The molecule has 0 saturated carbocycles. The number of rotatable bonds is 3. The van der Waals surface area contributed by atoms with Crippen LogP contribution in [0.2, 0.25) is 0 Å². The van der Waals surface area contributed by atoms with Gasteiger partial charge in [0.25, 0.3) is 0 Å². The molecule has 4 nitrogen and oxygen atoms in total. The number of benzene rings is 1. The summed E-state index contributed by atoms with van der Waals surface area (Å²) >= 11 is 0. The van der Waals surface area contributed by atoms with Gasteiger partial charge in [0, 0.05) is 19.7 Å². The van der Waals surface area contributed by atoms with Crippen molar-refractivity contribution in [3.05, 3.63) is 29.8 Å². The molecule has 3 N–H and O–H groups in total. The van der Waals surface area contributed by atoms with E-state index in [0.29, 0.717) is 11.4 Å². The smallest absolute Gasteiger partial charge is 0.242 e. The topological polar surface area (TPSA) is 65.0 Å². The van der Waals surface area contributed by atoms with Crippen molar-refractivity contribution in [3.63, 3.8) is 0 Å². The van der Waals surface area contributed by atoms with Crippen molar-refractivity contribution in [2.24, 2.45) is 0 Å². The molecule has 78 valence electrons. The Morgan fingerprint density at radius 3 is 2.07 bits per heavy atom. The van der Waals surface area contributed by atoms with E-state index < -0.39 is 10.0 Å². The molecular weight excluding hydrogens is 200 g/mol. The van der Waals surface area contributed by atoms with Gasteiger partial charge in [0.1, 0.15) is 0 Å². The Hall–Kier alpha value is -0.910. The summed E-state index contributed by atoms with van der Waals surface area (Å²) in [5.41, 5.74) is 4.75. The molecule has 0 atom stereocenters. The van der Waals surface area contributed by atoms with E-state index >= 15 is 0 Å². The van der Waals surface area contributed by atoms with Crippen LogP contribution in [0.5, 0.6) is 0 Å². The fraction of sp³-hybridized carbons (Fsp3) is 0.333. The fourth-order valence-electron chi connectivity index (χ4n) is 1.04. The first-order valence-corrected chi connectivity index (χ1v) is 5.73. The molecule has 0 aliphatic carbocycles. The zero-order chi connectivity index (χ0) is 10.8. The van der Waals surface area contributed by atoms with E-state index in [9.17, 15) is 8.42 Å². The van der Waals surface area contributed by atoms with Crippen molar-refractivity contribution in [1.82, 2.24) is 4.31 Å². The minimum Gasteiger partial charge on any atom is -0.354 e. The summed E-state index contributed by atoms with van der Waals surface area (Å²) in [4.78, 5) is 0.319. The first-order valence-electron chi connectivity index (χ1n) is 4.29. The van der Waals surface area contributed by atoms with Crippen LogP contribution in [0.15, 0.2) is 29.2 Å². The van der Waals surface area contributed by atoms with E-state index in [0.717, 1.165) is 5.56 Å². The molecule has 0 aliphatic rings. The average Bonchev–Trinajstić information content (AvgIpc) is 2.17. The van der Waals surface area contributed by atoms with Crippen LogP contribution in [-0.2, 0) is 16.6 Å². The second-order valence-electron chi connectivity index (χ2n) is 3.18. The summed E-state index contributed by atoms with van der Waals surface area (Å²) in [6.45, 7) is 0.669. The molecule has 5 heteroatoms. The van der Waals surface area contributed by atoms with Crippen molar-refractivity contribution < 1.29 is 14.2 Å². The maximum atomic E-state index is 11.6. The molecular formula is C9H15N2O2S+. The Balaban J connectivity index is 3.10. The van der Waals surface area contributed by atoms with Crippen LogP contribution in [0.25, 0.3) is 0 Å². The monoisotopic (exact) mass is 215 g/mol. The van der Waals surface area contributed by atoms with Crippen molar-refractivity contribution >= 4 is 10.0 Å². The third kappa shape index (κ3) is 2.12. The van der Waals surface area contributed by atoms with E-state index in [1.54, 1.807) is 24.3 Å². The Kier molecular flexibility index (Phi) is 3.25. The molecule has 0 bridgehead atoms. The number of hydrogen-bond donors (Lipinski definition) is 1. The molecule has 0 unspecified atom stereocenters. The highest BCUT2D eigenvalue weighted by Crippen LogP contribution is 2.13. The SMILES string of the molecule is CN(C)S(=O)(=O)c1ccc(C[NH3+])cc1. The van der Waals surface area contributed by atoms with Crippen LogP contribution in [0.3, 0.4) is 0 Å². The van der Waals surface area contributed by atoms with Crippen LogP contribution >= 0.6 is 0 Å². The first kappa shape index (κ1) is 11.2. The minimum atomic E-state index is -3.29. The van der Waals surface area contributed by atoms with Gasteiger partial charge in [-0.15, -0.1) is 0 Å². The highest BCUT2D eigenvalue weighted by atomic mass is 32.2. The lowest BCUT2D eigenvalue weighted by atomic mass is 10.2. The Bertz CT molecular complexity index is 395. The lowest BCUT2D eigenvalue weighted by molar-refractivity contribution is -0.386. The summed E-state index contributed by atoms with van der Waals surface area (Å²) < 4.78 is 24.5. The van der Waals surface area contributed by atoms with Crippen molar-refractivity contribution in [1.29, 1.82) is 0 Å². The van der Waals surface area contributed by atoms with Crippen LogP contribution in [0.1, 0.15) is 5.56 Å². The Labute approximate surface area is 84.4 Å². The Morgan fingerprint density at radius 2 is 1.71 bits per heavy atom. The zero-order valence-corrected chi connectivity index (χ0v) is 9.21. The molecule has 0 amide bonds. The number of hydrogen-bond acceptors (Lipinski definition) is 2. The van der Waals surface area contributed by atoms with E-state index in [4.69, 9.17) is 0 Å². The van der Waals surface area contributed by atoms with Crippen LogP contribution in [-0.4, -0.2) is 26.8 Å². The quantitative estimate of drug-likeness (QED) is 0.751. The van der Waals surface area contributed by atoms with Crippen molar-refractivity contribution in [2.75, 3.05) is 14.1 Å². The molecule has 0 aliphatic heterocycles. The molecule has 0 spiro atoms. The van der Waals surface area contributed by atoms with Crippen LogP contribution < -0.4 is 5.73 Å². The molecule has 1 rings (SSSR count). The standard InChI is InChI=1S/C9H14N2O2S/c1-11(2)14(12,13)9-5-3-8(7-10)4-6-9/h3-6H,7,10H2,1-2H3/p+1. The van der Waals surface area contributed by atoms with Gasteiger partial charge < -0.3 is 5.73 Å². The molecule has 1 aromatic carbocycles. The zero-order valence-electron chi connectivity index (χ0n) is 8.40. The van der Waals surface area contributed by atoms with E-state index in [1.807, 2.05) is 0 Å². The third-order valence-electron chi connectivity index (χ3n) is 1.99. The van der Waals surface area contributed by atoms with Gasteiger partial charge in [-0.2, -0.15) is 0 Å². The van der Waals surface area contributed by atoms with Gasteiger partial charge in [-0.05, 0) is 12.1 Å². The number of nitrogens with zero attached hydrogens (tertiary/aromatic N) is 1. The highest BCUT2D eigenvalue weighted by molar-refractivity contribution is 7.89. The van der Waals surface area contributed by atoms with Gasteiger partial charge >= 0.3 is 0 Å². The molecule has 0 heterocycles. The van der Waals surface area contributed by atoms with Crippen LogP contribution in [0, 0.1) is 0 Å². The molecule has 1 aromatic rings. The maximum Gasteiger partial charge on any atom is 0.242 e.